The molecule has 0 saturated heterocycles. The lowest BCUT2D eigenvalue weighted by Crippen LogP contribution is -2.38. The Hall–Kier alpha value is -2.71. The number of nitrogens with zero attached hydrogens (tertiary/aromatic N) is 5. The standard InChI is InChI=1S/C37H63FN6O5P/c1-7-10-12-14-16-18-20-22-24-31(25-23-21-19-17-15-13-11-8-2)49-35(45)30(4)43(5)50(46)48-28-37(9-3,47-6)26-27-44-29-40-32-33(39)41-36(38)42-34(32)44/h3,29-31H,7-8,10-28H2,1-2,4-6H3,(H2,39,41,42)/q+1/t30-,37-/m0/s1. The second-order valence-electron chi connectivity index (χ2n) is 13.4. The maximum atomic E-state index is 13.8. The van der Waals surface area contributed by atoms with Crippen molar-refractivity contribution in [1.82, 2.24) is 24.2 Å². The van der Waals surface area contributed by atoms with E-state index in [4.69, 9.17) is 26.2 Å². The summed E-state index contributed by atoms with van der Waals surface area (Å²) in [7, 11) is 0.551. The van der Waals surface area contributed by atoms with Crippen LogP contribution in [0.15, 0.2) is 6.33 Å². The van der Waals surface area contributed by atoms with E-state index >= 15 is 0 Å². The van der Waals surface area contributed by atoms with Gasteiger partial charge < -0.3 is 19.8 Å². The summed E-state index contributed by atoms with van der Waals surface area (Å²) < 4.78 is 47.4. The number of carbonyl (C=O) groups excluding carboxylic acids is 1. The summed E-state index contributed by atoms with van der Waals surface area (Å²) in [5.41, 5.74) is 5.00. The minimum atomic E-state index is -2.45. The molecule has 2 N–H and O–H groups in total. The topological polar surface area (TPSA) is 135 Å². The third-order valence-corrected chi connectivity index (χ3v) is 10.7. The number of rotatable bonds is 29. The largest absolute Gasteiger partial charge is 0.616 e. The fraction of sp³-hybridized carbons (Fsp3) is 0.784. The molecule has 0 aliphatic rings. The van der Waals surface area contributed by atoms with E-state index in [1.807, 2.05) is 0 Å². The highest BCUT2D eigenvalue weighted by Gasteiger charge is 2.40. The van der Waals surface area contributed by atoms with E-state index in [0.29, 0.717) is 0 Å². The number of carbonyl (C=O) groups is 1. The van der Waals surface area contributed by atoms with Crippen LogP contribution in [0.1, 0.15) is 143 Å². The lowest BCUT2D eigenvalue weighted by atomic mass is 10.0. The second-order valence-corrected chi connectivity index (χ2v) is 14.8. The number of aromatic nitrogens is 4. The number of nitrogen functional groups attached to an aromatic ring is 1. The number of likely N-dealkylation sites (N-methyl/N-ethyl adjacent to an activating group) is 1. The molecular weight excluding hydrogens is 658 g/mol. The van der Waals surface area contributed by atoms with Gasteiger partial charge in [0.15, 0.2) is 23.1 Å². The lowest BCUT2D eigenvalue weighted by Gasteiger charge is -2.25. The van der Waals surface area contributed by atoms with E-state index in [-0.39, 0.29) is 42.7 Å². The number of imidazole rings is 1. The molecule has 0 amide bonds. The molecule has 0 aliphatic carbocycles. The number of anilines is 1. The first-order valence-electron chi connectivity index (χ1n) is 18.8. The van der Waals surface area contributed by atoms with E-state index in [0.717, 1.165) is 38.5 Å². The van der Waals surface area contributed by atoms with Crippen molar-refractivity contribution in [3.63, 3.8) is 0 Å². The summed E-state index contributed by atoms with van der Waals surface area (Å²) >= 11 is 0. The molecule has 0 bridgehead atoms. The summed E-state index contributed by atoms with van der Waals surface area (Å²) in [4.78, 5) is 24.8. The minimum Gasteiger partial charge on any atom is -0.461 e. The molecule has 50 heavy (non-hydrogen) atoms. The van der Waals surface area contributed by atoms with E-state index in [9.17, 15) is 13.8 Å². The van der Waals surface area contributed by atoms with E-state index in [2.05, 4.69) is 34.7 Å². The first-order valence-corrected chi connectivity index (χ1v) is 19.9. The number of ether oxygens (including phenoxy) is 2. The molecule has 2 heterocycles. The summed E-state index contributed by atoms with van der Waals surface area (Å²) in [6, 6.07) is -0.793. The number of hydrogen-bond donors (Lipinski definition) is 1. The van der Waals surface area contributed by atoms with Crippen LogP contribution in [0.4, 0.5) is 10.2 Å². The van der Waals surface area contributed by atoms with Crippen LogP contribution in [-0.2, 0) is 29.9 Å². The Morgan fingerprint density at radius 1 is 1.00 bits per heavy atom. The van der Waals surface area contributed by atoms with Crippen LogP contribution in [0.3, 0.4) is 0 Å². The molecule has 2 rings (SSSR count). The molecular formula is C37H63FN6O5P+. The Kier molecular flexibility index (Phi) is 21.3. The van der Waals surface area contributed by atoms with Crippen molar-refractivity contribution in [2.75, 3.05) is 26.5 Å². The third-order valence-electron chi connectivity index (χ3n) is 9.48. The van der Waals surface area contributed by atoms with Crippen LogP contribution in [0.25, 0.3) is 11.2 Å². The van der Waals surface area contributed by atoms with Crippen LogP contribution in [0.5, 0.6) is 0 Å². The van der Waals surface area contributed by atoms with Gasteiger partial charge in [0, 0.05) is 27.1 Å². The number of fused-ring (bicyclic) bond motifs is 1. The van der Waals surface area contributed by atoms with Crippen molar-refractivity contribution in [3.8, 4) is 12.3 Å². The molecule has 0 aliphatic heterocycles. The lowest BCUT2D eigenvalue weighted by molar-refractivity contribution is -0.153. The van der Waals surface area contributed by atoms with Crippen LogP contribution in [0, 0.1) is 18.4 Å². The van der Waals surface area contributed by atoms with Gasteiger partial charge >= 0.3 is 20.2 Å². The third kappa shape index (κ3) is 15.3. The number of methoxy groups -OCH3 is 1. The molecule has 13 heteroatoms. The predicted octanol–water partition coefficient (Wildman–Crippen LogP) is 8.92. The van der Waals surface area contributed by atoms with Crippen molar-refractivity contribution in [2.45, 2.75) is 167 Å². The van der Waals surface area contributed by atoms with Gasteiger partial charge in [-0.15, -0.1) is 10.9 Å². The number of halogens is 1. The highest BCUT2D eigenvalue weighted by atomic mass is 31.1. The molecule has 0 spiro atoms. The second kappa shape index (κ2) is 24.5. The monoisotopic (exact) mass is 721 g/mol. The van der Waals surface area contributed by atoms with E-state index in [1.165, 1.54) is 95.2 Å². The summed E-state index contributed by atoms with van der Waals surface area (Å²) in [5, 5.41) is 0. The van der Waals surface area contributed by atoms with E-state index < -0.39 is 31.9 Å². The van der Waals surface area contributed by atoms with Gasteiger partial charge in [-0.2, -0.15) is 14.4 Å². The Balaban J connectivity index is 1.91. The summed E-state index contributed by atoms with van der Waals surface area (Å²) in [6.07, 6.45) is 27.6. The average molecular weight is 722 g/mol. The Morgan fingerprint density at radius 2 is 1.54 bits per heavy atom. The molecule has 11 nitrogen and oxygen atoms in total. The molecule has 0 saturated carbocycles. The number of terminal acetylenes is 1. The van der Waals surface area contributed by atoms with Gasteiger partial charge in [-0.1, -0.05) is 114 Å². The Labute approximate surface area is 300 Å². The molecule has 0 radical (unpaired) electrons. The molecule has 282 valence electrons. The first-order chi connectivity index (χ1) is 24.1. The molecule has 1 unspecified atom stereocenters. The zero-order valence-electron chi connectivity index (χ0n) is 31.3. The van der Waals surface area contributed by atoms with Gasteiger partial charge in [0.1, 0.15) is 18.2 Å². The van der Waals surface area contributed by atoms with Crippen LogP contribution in [-0.4, -0.2) is 68.7 Å². The highest BCUT2D eigenvalue weighted by Crippen LogP contribution is 2.33. The van der Waals surface area contributed by atoms with Crippen LogP contribution < -0.4 is 5.73 Å². The SMILES string of the molecule is C#C[C@](CCn1cnc2c(N)nc(F)nc21)(CO[P+](=O)N(C)[C@@H](C)C(=O)OC(CCCCCCCCCC)CCCCCCCCCC)OC. The Morgan fingerprint density at radius 3 is 2.06 bits per heavy atom. The number of unbranched alkanes of at least 4 members (excludes halogenated alkanes) is 14. The Bertz CT molecular complexity index is 1300. The number of esters is 1. The fourth-order valence-corrected chi connectivity index (χ4v) is 6.77. The molecule has 2 aromatic rings. The summed E-state index contributed by atoms with van der Waals surface area (Å²) in [5.74, 6) is 2.12. The highest BCUT2D eigenvalue weighted by molar-refractivity contribution is 7.36. The molecule has 0 aromatic carbocycles. The fourth-order valence-electron chi connectivity index (χ4n) is 5.89. The number of aryl methyl sites for hydroxylation is 1. The van der Waals surface area contributed by atoms with E-state index in [1.54, 1.807) is 18.5 Å². The smallest absolute Gasteiger partial charge is 0.461 e. The van der Waals surface area contributed by atoms with Gasteiger partial charge in [-0.25, -0.2) is 4.98 Å². The quantitative estimate of drug-likeness (QED) is 0.0285. The molecule has 2 aromatic heterocycles. The maximum Gasteiger partial charge on any atom is 0.616 e. The number of hydrogen-bond acceptors (Lipinski definition) is 9. The predicted molar refractivity (Wildman–Crippen MR) is 198 cm³/mol. The van der Waals surface area contributed by atoms with Crippen molar-refractivity contribution in [2.24, 2.45) is 0 Å². The van der Waals surface area contributed by atoms with Gasteiger partial charge in [0.2, 0.25) is 0 Å². The van der Waals surface area contributed by atoms with Crippen molar-refractivity contribution < 1.29 is 27.7 Å². The molecule has 0 fully saturated rings. The average Bonchev–Trinajstić information content (AvgIpc) is 3.52. The number of nitrogens with two attached hydrogens (primary N) is 1. The molecule has 3 atom stereocenters. The van der Waals surface area contributed by atoms with Gasteiger partial charge in [0.05, 0.1) is 6.33 Å². The van der Waals surface area contributed by atoms with Crippen LogP contribution >= 0.6 is 8.18 Å². The van der Waals surface area contributed by atoms with Crippen LogP contribution in [0.2, 0.25) is 0 Å². The van der Waals surface area contributed by atoms with Gasteiger partial charge in [-0.3, -0.25) is 4.79 Å². The normalized spacial score (nSPS) is 13.9. The van der Waals surface area contributed by atoms with Gasteiger partial charge in [0.25, 0.3) is 0 Å². The van der Waals surface area contributed by atoms with Crippen molar-refractivity contribution in [3.05, 3.63) is 12.4 Å². The first kappa shape index (κ1) is 43.5. The zero-order chi connectivity index (χ0) is 36.8. The zero-order valence-corrected chi connectivity index (χ0v) is 32.2. The van der Waals surface area contributed by atoms with Crippen molar-refractivity contribution in [1.29, 1.82) is 0 Å². The maximum absolute atomic E-state index is 13.8. The van der Waals surface area contributed by atoms with Gasteiger partial charge in [-0.05, 0) is 37.2 Å². The minimum absolute atomic E-state index is 0.0649. The van der Waals surface area contributed by atoms with Crippen molar-refractivity contribution >= 4 is 31.1 Å². The summed E-state index contributed by atoms with van der Waals surface area (Å²) in [6.45, 7) is 6.16.